The molecule has 2 fully saturated rings. The van der Waals surface area contributed by atoms with Gasteiger partial charge in [-0.15, -0.1) is 0 Å². The molecule has 0 spiro atoms. The molecule has 0 radical (unpaired) electrons. The maximum Gasteiger partial charge on any atom is 0.416 e. The third kappa shape index (κ3) is 3.06. The molecule has 0 aliphatic carbocycles. The molecule has 3 aromatic heterocycles. The van der Waals surface area contributed by atoms with E-state index in [1.165, 1.54) is 6.20 Å². The monoisotopic (exact) mass is 403 g/mol. The molecule has 3 aromatic rings. The van der Waals surface area contributed by atoms with Crippen LogP contribution < -0.4 is 9.80 Å². The number of aryl methyl sites for hydroxylation is 1. The molecule has 0 N–H and O–H groups in total. The van der Waals surface area contributed by atoms with E-state index in [4.69, 9.17) is 0 Å². The fourth-order valence-electron chi connectivity index (χ4n) is 4.45. The van der Waals surface area contributed by atoms with Crippen molar-refractivity contribution in [2.45, 2.75) is 19.6 Å². The molecule has 10 heteroatoms. The van der Waals surface area contributed by atoms with Crippen LogP contribution in [0.4, 0.5) is 24.8 Å². The van der Waals surface area contributed by atoms with E-state index >= 15 is 0 Å². The van der Waals surface area contributed by atoms with Crippen molar-refractivity contribution in [3.05, 3.63) is 36.5 Å². The van der Waals surface area contributed by atoms with Gasteiger partial charge in [0, 0.05) is 50.8 Å². The van der Waals surface area contributed by atoms with Crippen LogP contribution in [-0.2, 0) is 12.7 Å². The summed E-state index contributed by atoms with van der Waals surface area (Å²) in [5, 5.41) is 0. The van der Waals surface area contributed by atoms with Crippen LogP contribution in [0.25, 0.3) is 11.2 Å². The summed E-state index contributed by atoms with van der Waals surface area (Å²) in [5.74, 6) is 1.93. The molecule has 2 atom stereocenters. The summed E-state index contributed by atoms with van der Waals surface area (Å²) < 4.78 is 41.0. The van der Waals surface area contributed by atoms with Crippen LogP contribution in [0.5, 0.6) is 0 Å². The number of imidazole rings is 1. The van der Waals surface area contributed by atoms with Crippen molar-refractivity contribution in [2.24, 2.45) is 11.8 Å². The Kier molecular flexibility index (Phi) is 4.11. The zero-order chi connectivity index (χ0) is 20.2. The molecular weight excluding hydrogens is 383 g/mol. The fourth-order valence-corrected chi connectivity index (χ4v) is 4.45. The minimum Gasteiger partial charge on any atom is -0.356 e. The van der Waals surface area contributed by atoms with Gasteiger partial charge < -0.3 is 14.4 Å². The quantitative estimate of drug-likeness (QED) is 0.670. The highest BCUT2D eigenvalue weighted by Crippen LogP contribution is 2.37. The van der Waals surface area contributed by atoms with Gasteiger partial charge in [-0.2, -0.15) is 13.2 Å². The van der Waals surface area contributed by atoms with Gasteiger partial charge >= 0.3 is 6.18 Å². The minimum absolute atomic E-state index is 0.351. The number of alkyl halides is 3. The highest BCUT2D eigenvalue weighted by atomic mass is 19.4. The first kappa shape index (κ1) is 18.1. The summed E-state index contributed by atoms with van der Waals surface area (Å²) in [6, 6.07) is 2.15. The van der Waals surface area contributed by atoms with Gasteiger partial charge in [0.25, 0.3) is 0 Å². The third-order valence-electron chi connectivity index (χ3n) is 5.91. The Balaban J connectivity index is 1.34. The van der Waals surface area contributed by atoms with Crippen molar-refractivity contribution < 1.29 is 13.2 Å². The van der Waals surface area contributed by atoms with Gasteiger partial charge in [-0.1, -0.05) is 0 Å². The summed E-state index contributed by atoms with van der Waals surface area (Å²) in [6.07, 6.45) is 0.226. The second-order valence-corrected chi connectivity index (χ2v) is 7.63. The topological polar surface area (TPSA) is 63.0 Å². The Morgan fingerprint density at radius 3 is 2.41 bits per heavy atom. The van der Waals surface area contributed by atoms with Crippen molar-refractivity contribution in [2.75, 3.05) is 36.0 Å². The lowest BCUT2D eigenvalue weighted by Gasteiger charge is -2.23. The van der Waals surface area contributed by atoms with Gasteiger partial charge in [-0.3, -0.25) is 0 Å². The summed E-state index contributed by atoms with van der Waals surface area (Å²) >= 11 is 0. The van der Waals surface area contributed by atoms with E-state index in [1.54, 1.807) is 12.7 Å². The maximum absolute atomic E-state index is 13.0. The Labute approximate surface area is 165 Å². The normalized spacial score (nSPS) is 21.9. The van der Waals surface area contributed by atoms with Gasteiger partial charge in [0.2, 0.25) is 0 Å². The Bertz CT molecular complexity index is 1030. The Hall–Kier alpha value is -2.91. The molecule has 152 valence electrons. The van der Waals surface area contributed by atoms with E-state index in [-0.39, 0.29) is 0 Å². The molecule has 2 unspecified atom stereocenters. The molecule has 5 heterocycles. The van der Waals surface area contributed by atoms with Crippen LogP contribution in [0.15, 0.2) is 31.0 Å². The lowest BCUT2D eigenvalue weighted by atomic mass is 10.0. The third-order valence-corrected chi connectivity index (χ3v) is 5.91. The van der Waals surface area contributed by atoms with Gasteiger partial charge in [0.1, 0.15) is 12.1 Å². The van der Waals surface area contributed by atoms with Gasteiger partial charge in [0.05, 0.1) is 11.9 Å². The van der Waals surface area contributed by atoms with Crippen molar-refractivity contribution in [3.63, 3.8) is 0 Å². The molecule has 2 saturated heterocycles. The Morgan fingerprint density at radius 1 is 1.00 bits per heavy atom. The first-order valence-corrected chi connectivity index (χ1v) is 9.63. The Morgan fingerprint density at radius 2 is 1.72 bits per heavy atom. The SMILES string of the molecule is CCn1cnc2c(N3CC4CN(c5cc(C(F)(F)F)ccn5)CC4C3)ncnc21. The summed E-state index contributed by atoms with van der Waals surface area (Å²) in [6.45, 7) is 5.80. The smallest absolute Gasteiger partial charge is 0.356 e. The highest BCUT2D eigenvalue weighted by Gasteiger charge is 2.42. The predicted octanol–water partition coefficient (Wildman–Crippen LogP) is 2.83. The van der Waals surface area contributed by atoms with Crippen LogP contribution in [-0.4, -0.2) is 50.7 Å². The molecule has 2 aliphatic rings. The number of hydrogen-bond donors (Lipinski definition) is 0. The highest BCUT2D eigenvalue weighted by molar-refractivity contribution is 5.83. The average Bonchev–Trinajstić information content (AvgIpc) is 3.39. The van der Waals surface area contributed by atoms with E-state index < -0.39 is 11.7 Å². The van der Waals surface area contributed by atoms with Crippen molar-refractivity contribution in [1.82, 2.24) is 24.5 Å². The predicted molar refractivity (Wildman–Crippen MR) is 102 cm³/mol. The molecular formula is C19H20F3N7. The molecule has 2 aliphatic heterocycles. The number of pyridine rings is 1. The van der Waals surface area contributed by atoms with E-state index in [2.05, 4.69) is 24.8 Å². The van der Waals surface area contributed by atoms with Gasteiger partial charge in [0.15, 0.2) is 17.0 Å². The number of aromatic nitrogens is 5. The molecule has 0 amide bonds. The van der Waals surface area contributed by atoms with E-state index in [9.17, 15) is 13.2 Å². The van der Waals surface area contributed by atoms with Crippen LogP contribution in [0.3, 0.4) is 0 Å². The van der Waals surface area contributed by atoms with Crippen molar-refractivity contribution >= 4 is 22.8 Å². The second kappa shape index (κ2) is 6.57. The van der Waals surface area contributed by atoms with Gasteiger partial charge in [-0.25, -0.2) is 19.9 Å². The first-order valence-electron chi connectivity index (χ1n) is 9.63. The lowest BCUT2D eigenvalue weighted by molar-refractivity contribution is -0.137. The first-order chi connectivity index (χ1) is 13.9. The molecule has 5 rings (SSSR count). The van der Waals surface area contributed by atoms with E-state index in [1.807, 2.05) is 16.4 Å². The van der Waals surface area contributed by atoms with Crippen LogP contribution in [0, 0.1) is 11.8 Å². The molecule has 0 aromatic carbocycles. The lowest BCUT2D eigenvalue weighted by Crippen LogP contribution is -2.30. The standard InChI is InChI=1S/C19H20F3N7/c1-2-27-11-26-16-17(27)24-10-25-18(16)29-8-12-6-28(7-13(12)9-29)15-5-14(3-4-23-15)19(20,21)22/h3-5,10-13H,2,6-9H2,1H3. The van der Waals surface area contributed by atoms with Crippen molar-refractivity contribution in [1.29, 1.82) is 0 Å². The van der Waals surface area contributed by atoms with Crippen LogP contribution in [0.1, 0.15) is 12.5 Å². The number of halogens is 3. The summed E-state index contributed by atoms with van der Waals surface area (Å²) in [4.78, 5) is 21.7. The van der Waals surface area contributed by atoms with Crippen LogP contribution >= 0.6 is 0 Å². The largest absolute Gasteiger partial charge is 0.416 e. The van der Waals surface area contributed by atoms with Crippen molar-refractivity contribution in [3.8, 4) is 0 Å². The van der Waals surface area contributed by atoms with Gasteiger partial charge in [-0.05, 0) is 19.1 Å². The molecule has 0 bridgehead atoms. The molecule has 0 saturated carbocycles. The average molecular weight is 403 g/mol. The maximum atomic E-state index is 13.0. The fraction of sp³-hybridized carbons (Fsp3) is 0.474. The number of hydrogen-bond acceptors (Lipinski definition) is 6. The van der Waals surface area contributed by atoms with E-state index in [0.29, 0.717) is 30.7 Å². The second-order valence-electron chi connectivity index (χ2n) is 7.63. The van der Waals surface area contributed by atoms with E-state index in [0.717, 1.165) is 48.7 Å². The molecule has 29 heavy (non-hydrogen) atoms. The summed E-state index contributed by atoms with van der Waals surface area (Å²) in [7, 11) is 0. The number of fused-ring (bicyclic) bond motifs is 2. The zero-order valence-corrected chi connectivity index (χ0v) is 15.8. The minimum atomic E-state index is -4.36. The zero-order valence-electron chi connectivity index (χ0n) is 15.8. The number of nitrogens with zero attached hydrogens (tertiary/aromatic N) is 7. The summed E-state index contributed by atoms with van der Waals surface area (Å²) in [5.41, 5.74) is 0.964. The van der Waals surface area contributed by atoms with Crippen LogP contribution in [0.2, 0.25) is 0 Å². The number of rotatable bonds is 3. The number of anilines is 2. The molecule has 7 nitrogen and oxygen atoms in total.